The highest BCUT2D eigenvalue weighted by Gasteiger charge is 2.24. The van der Waals surface area contributed by atoms with E-state index < -0.39 is 10.8 Å². The zero-order valence-corrected chi connectivity index (χ0v) is 11.2. The summed E-state index contributed by atoms with van der Waals surface area (Å²) in [6, 6.07) is 1.59. The highest BCUT2D eigenvalue weighted by molar-refractivity contribution is 6.43. The van der Waals surface area contributed by atoms with Crippen LogP contribution in [0.5, 0.6) is 0 Å². The van der Waals surface area contributed by atoms with Crippen molar-refractivity contribution in [1.29, 1.82) is 0 Å². The van der Waals surface area contributed by atoms with Gasteiger partial charge in [0, 0.05) is 11.5 Å². The van der Waals surface area contributed by atoms with Gasteiger partial charge in [0.2, 0.25) is 5.95 Å². The van der Waals surface area contributed by atoms with Gasteiger partial charge in [-0.3, -0.25) is 4.40 Å². The smallest absolute Gasteiger partial charge is 0.222 e. The minimum Gasteiger partial charge on any atom is -0.259 e. The molecule has 2 aromatic rings. The number of imidazole rings is 1. The maximum atomic E-state index is 14.1. The first kappa shape index (κ1) is 12.6. The number of halogens is 3. The first-order chi connectivity index (χ1) is 7.80. The third-order valence-corrected chi connectivity index (χ3v) is 2.86. The molecule has 0 spiro atoms. The molecule has 3 nitrogen and oxygen atoms in total. The van der Waals surface area contributed by atoms with Crippen molar-refractivity contribution in [3.63, 3.8) is 0 Å². The molecule has 0 aliphatic carbocycles. The zero-order valence-electron chi connectivity index (χ0n) is 9.71. The number of rotatable bonds is 1. The summed E-state index contributed by atoms with van der Waals surface area (Å²) in [5.74, 6) is -0.396. The van der Waals surface area contributed by atoms with Crippen LogP contribution in [0.2, 0.25) is 0 Å². The molecule has 0 atom stereocenters. The van der Waals surface area contributed by atoms with Crippen LogP contribution >= 0.6 is 23.2 Å². The van der Waals surface area contributed by atoms with Gasteiger partial charge in [-0.2, -0.15) is 4.39 Å². The van der Waals surface area contributed by atoms with E-state index in [2.05, 4.69) is 9.97 Å². The summed E-state index contributed by atoms with van der Waals surface area (Å²) in [4.78, 5) is 7.50. The Bertz CT molecular complexity index is 558. The molecule has 92 valence electrons. The average molecular weight is 276 g/mol. The fourth-order valence-electron chi connectivity index (χ4n) is 1.53. The highest BCUT2D eigenvalue weighted by Crippen LogP contribution is 2.27. The lowest BCUT2D eigenvalue weighted by molar-refractivity contribution is 0.488. The molecule has 0 N–H and O–H groups in total. The minimum absolute atomic E-state index is 0.363. The van der Waals surface area contributed by atoms with E-state index in [-0.39, 0.29) is 5.41 Å². The average Bonchev–Trinajstić information content (AvgIpc) is 2.55. The summed E-state index contributed by atoms with van der Waals surface area (Å²) in [6.07, 6.45) is 1.35. The summed E-state index contributed by atoms with van der Waals surface area (Å²) in [6.45, 7) is 5.70. The monoisotopic (exact) mass is 275 g/mol. The predicted octanol–water partition coefficient (Wildman–Crippen LogP) is 3.64. The van der Waals surface area contributed by atoms with Gasteiger partial charge in [-0.05, 0) is 0 Å². The molecular weight excluding hydrogens is 264 g/mol. The zero-order chi connectivity index (χ0) is 12.8. The molecule has 0 aromatic carbocycles. The van der Waals surface area contributed by atoms with E-state index in [1.54, 1.807) is 6.07 Å². The van der Waals surface area contributed by atoms with E-state index in [0.717, 1.165) is 0 Å². The maximum absolute atomic E-state index is 14.1. The van der Waals surface area contributed by atoms with Gasteiger partial charge in [-0.15, -0.1) is 0 Å². The van der Waals surface area contributed by atoms with E-state index in [9.17, 15) is 4.39 Å². The molecule has 2 rings (SSSR count). The standard InChI is InChI=1S/C11H12Cl2FN3/c1-11(2,3)8-10(14)17-5-15-6(9(12)13)4-7(17)16-8/h4-5,9H,1-3H3. The topological polar surface area (TPSA) is 30.2 Å². The Morgan fingerprint density at radius 2 is 2.00 bits per heavy atom. The van der Waals surface area contributed by atoms with E-state index >= 15 is 0 Å². The molecule has 0 unspecified atom stereocenters. The van der Waals surface area contributed by atoms with Crippen molar-refractivity contribution in [2.75, 3.05) is 0 Å². The summed E-state index contributed by atoms with van der Waals surface area (Å²) >= 11 is 11.4. The van der Waals surface area contributed by atoms with Crippen LogP contribution in [-0.2, 0) is 5.41 Å². The molecule has 0 bridgehead atoms. The third kappa shape index (κ3) is 2.24. The van der Waals surface area contributed by atoms with Crippen molar-refractivity contribution in [1.82, 2.24) is 14.4 Å². The molecular formula is C11H12Cl2FN3. The van der Waals surface area contributed by atoms with Gasteiger partial charge < -0.3 is 0 Å². The lowest BCUT2D eigenvalue weighted by Gasteiger charge is -2.14. The molecule has 0 fully saturated rings. The summed E-state index contributed by atoms with van der Waals surface area (Å²) in [5, 5.41) is 0. The normalized spacial score (nSPS) is 12.6. The van der Waals surface area contributed by atoms with E-state index in [1.165, 1.54) is 10.7 Å². The summed E-state index contributed by atoms with van der Waals surface area (Å²) in [7, 11) is 0. The Labute approximate surface area is 109 Å². The Morgan fingerprint density at radius 1 is 1.35 bits per heavy atom. The molecule has 2 heterocycles. The van der Waals surface area contributed by atoms with Crippen molar-refractivity contribution in [3.8, 4) is 0 Å². The van der Waals surface area contributed by atoms with Gasteiger partial charge in [0.15, 0.2) is 0 Å². The van der Waals surface area contributed by atoms with Gasteiger partial charge in [0.05, 0.1) is 5.69 Å². The van der Waals surface area contributed by atoms with Crippen LogP contribution in [0.1, 0.15) is 37.0 Å². The molecule has 0 aliphatic rings. The number of aromatic nitrogens is 3. The van der Waals surface area contributed by atoms with Crippen molar-refractivity contribution >= 4 is 28.8 Å². The van der Waals surface area contributed by atoms with Crippen LogP contribution in [0.25, 0.3) is 5.65 Å². The van der Waals surface area contributed by atoms with Crippen LogP contribution in [-0.4, -0.2) is 14.4 Å². The second-order valence-corrected chi connectivity index (χ2v) is 5.94. The van der Waals surface area contributed by atoms with Gasteiger partial charge >= 0.3 is 0 Å². The molecule has 17 heavy (non-hydrogen) atoms. The van der Waals surface area contributed by atoms with Crippen LogP contribution in [0.15, 0.2) is 12.4 Å². The number of hydrogen-bond acceptors (Lipinski definition) is 2. The fourth-order valence-corrected chi connectivity index (χ4v) is 1.77. The van der Waals surface area contributed by atoms with Crippen LogP contribution in [0, 0.1) is 5.95 Å². The third-order valence-electron chi connectivity index (χ3n) is 2.41. The predicted molar refractivity (Wildman–Crippen MR) is 66.1 cm³/mol. The summed E-state index contributed by atoms with van der Waals surface area (Å²) < 4.78 is 15.3. The second-order valence-electron chi connectivity index (χ2n) is 4.84. The Kier molecular flexibility index (Phi) is 3.04. The summed E-state index contributed by atoms with van der Waals surface area (Å²) in [5.41, 5.74) is 0.963. The second kappa shape index (κ2) is 4.10. The van der Waals surface area contributed by atoms with Crippen LogP contribution in [0.3, 0.4) is 0 Å². The van der Waals surface area contributed by atoms with Crippen molar-refractivity contribution < 1.29 is 4.39 Å². The number of alkyl halides is 2. The molecule has 2 aromatic heterocycles. The van der Waals surface area contributed by atoms with E-state index in [4.69, 9.17) is 23.2 Å². The quantitative estimate of drug-likeness (QED) is 0.744. The maximum Gasteiger partial charge on any atom is 0.222 e. The molecule has 6 heteroatoms. The number of hydrogen-bond donors (Lipinski definition) is 0. The number of nitrogens with zero attached hydrogens (tertiary/aromatic N) is 3. The first-order valence-electron chi connectivity index (χ1n) is 5.13. The fraction of sp³-hybridized carbons (Fsp3) is 0.455. The van der Waals surface area contributed by atoms with Gasteiger partial charge in [0.25, 0.3) is 0 Å². The molecule has 0 saturated heterocycles. The van der Waals surface area contributed by atoms with E-state index in [0.29, 0.717) is 17.0 Å². The Hall–Kier alpha value is -0.870. The van der Waals surface area contributed by atoms with Crippen LogP contribution < -0.4 is 0 Å². The van der Waals surface area contributed by atoms with Crippen molar-refractivity contribution in [2.45, 2.75) is 31.0 Å². The molecule has 0 saturated carbocycles. The molecule has 0 radical (unpaired) electrons. The SMILES string of the molecule is CC(C)(C)c1nc2cc(C(Cl)Cl)ncn2c1F. The lowest BCUT2D eigenvalue weighted by Crippen LogP contribution is -2.13. The van der Waals surface area contributed by atoms with Gasteiger partial charge in [0.1, 0.15) is 22.5 Å². The van der Waals surface area contributed by atoms with Crippen molar-refractivity contribution in [2.24, 2.45) is 0 Å². The first-order valence-corrected chi connectivity index (χ1v) is 6.00. The minimum atomic E-state index is -0.738. The highest BCUT2D eigenvalue weighted by atomic mass is 35.5. The van der Waals surface area contributed by atoms with Gasteiger partial charge in [-0.1, -0.05) is 44.0 Å². The largest absolute Gasteiger partial charge is 0.259 e. The van der Waals surface area contributed by atoms with Crippen molar-refractivity contribution in [3.05, 3.63) is 29.7 Å². The van der Waals surface area contributed by atoms with Crippen LogP contribution in [0.4, 0.5) is 4.39 Å². The Morgan fingerprint density at radius 3 is 2.53 bits per heavy atom. The Balaban J connectivity index is 2.66. The number of fused-ring (bicyclic) bond motifs is 1. The van der Waals surface area contributed by atoms with E-state index in [1.807, 2.05) is 20.8 Å². The van der Waals surface area contributed by atoms with Gasteiger partial charge in [-0.25, -0.2) is 9.97 Å². The molecule has 0 aliphatic heterocycles. The lowest BCUT2D eigenvalue weighted by atomic mass is 9.93. The molecule has 0 amide bonds.